The van der Waals surface area contributed by atoms with Crippen molar-refractivity contribution in [2.24, 2.45) is 0 Å². The molecule has 0 fully saturated rings. The Morgan fingerprint density at radius 1 is 1.33 bits per heavy atom. The van der Waals surface area contributed by atoms with Crippen LogP contribution in [0.2, 0.25) is 0 Å². The standard InChI is InChI=1S/C4H10O.C3H4N2.C2H6/c1-4(2)5-3;1-2-4-5-3-1;1-2/h4H,1-3H3;1-3H,(H,4,5);1-2H3. The maximum absolute atomic E-state index is 4.75. The van der Waals surface area contributed by atoms with Crippen LogP contribution in [0.15, 0.2) is 18.5 Å². The van der Waals surface area contributed by atoms with Gasteiger partial charge < -0.3 is 4.74 Å². The summed E-state index contributed by atoms with van der Waals surface area (Å²) in [6, 6.07) is 1.83. The Morgan fingerprint density at radius 2 is 1.83 bits per heavy atom. The fraction of sp³-hybridized carbons (Fsp3) is 0.667. The van der Waals surface area contributed by atoms with E-state index in [-0.39, 0.29) is 0 Å². The fourth-order valence-corrected chi connectivity index (χ4v) is 0.215. The molecule has 3 nitrogen and oxygen atoms in total. The van der Waals surface area contributed by atoms with Gasteiger partial charge in [0.05, 0.1) is 6.10 Å². The van der Waals surface area contributed by atoms with Gasteiger partial charge in [-0.1, -0.05) is 13.8 Å². The van der Waals surface area contributed by atoms with Crippen LogP contribution in [0.1, 0.15) is 27.7 Å². The van der Waals surface area contributed by atoms with Crippen LogP contribution in [0.3, 0.4) is 0 Å². The second-order valence-corrected chi connectivity index (χ2v) is 2.05. The minimum Gasteiger partial charge on any atom is -0.382 e. The van der Waals surface area contributed by atoms with Crippen molar-refractivity contribution >= 4 is 0 Å². The van der Waals surface area contributed by atoms with Crippen molar-refractivity contribution < 1.29 is 4.74 Å². The zero-order valence-corrected chi connectivity index (χ0v) is 8.66. The van der Waals surface area contributed by atoms with Crippen LogP contribution in [0.5, 0.6) is 0 Å². The minimum absolute atomic E-state index is 0.384. The van der Waals surface area contributed by atoms with E-state index in [0.717, 1.165) is 0 Å². The first-order chi connectivity index (χ1) is 5.77. The smallest absolute Gasteiger partial charge is 0.0515 e. The highest BCUT2D eigenvalue weighted by atomic mass is 16.5. The zero-order valence-electron chi connectivity index (χ0n) is 8.66. The molecule has 0 aliphatic heterocycles. The van der Waals surface area contributed by atoms with E-state index < -0.39 is 0 Å². The summed E-state index contributed by atoms with van der Waals surface area (Å²) in [5.41, 5.74) is 0. The number of aromatic amines is 1. The van der Waals surface area contributed by atoms with Gasteiger partial charge in [0.1, 0.15) is 0 Å². The van der Waals surface area contributed by atoms with Crippen LogP contribution >= 0.6 is 0 Å². The third kappa shape index (κ3) is 16.1. The van der Waals surface area contributed by atoms with Gasteiger partial charge in [-0.05, 0) is 19.9 Å². The molecule has 1 aromatic rings. The third-order valence-electron chi connectivity index (χ3n) is 0.877. The van der Waals surface area contributed by atoms with Gasteiger partial charge >= 0.3 is 0 Å². The van der Waals surface area contributed by atoms with Crippen LogP contribution in [-0.4, -0.2) is 23.4 Å². The Kier molecular flexibility index (Phi) is 14.7. The van der Waals surface area contributed by atoms with Gasteiger partial charge in [0.25, 0.3) is 0 Å². The molecule has 0 unspecified atom stereocenters. The normalized spacial score (nSPS) is 7.83. The lowest BCUT2D eigenvalue weighted by atomic mass is 10.5. The fourth-order valence-electron chi connectivity index (χ4n) is 0.215. The maximum Gasteiger partial charge on any atom is 0.0515 e. The van der Waals surface area contributed by atoms with Crippen molar-refractivity contribution in [3.05, 3.63) is 18.5 Å². The zero-order chi connectivity index (χ0) is 9.82. The molecular weight excluding hydrogens is 152 g/mol. The molecule has 1 aromatic heterocycles. The lowest BCUT2D eigenvalue weighted by molar-refractivity contribution is 0.134. The Bertz CT molecular complexity index is 110. The molecule has 0 radical (unpaired) electrons. The number of ether oxygens (including phenoxy) is 1. The molecule has 0 saturated heterocycles. The molecule has 0 aliphatic rings. The van der Waals surface area contributed by atoms with E-state index in [4.69, 9.17) is 4.74 Å². The summed E-state index contributed by atoms with van der Waals surface area (Å²) in [5, 5.41) is 6.21. The van der Waals surface area contributed by atoms with Gasteiger partial charge in [0.15, 0.2) is 0 Å². The predicted molar refractivity (Wildman–Crippen MR) is 52.1 cm³/mol. The second kappa shape index (κ2) is 12.8. The highest BCUT2D eigenvalue weighted by Gasteiger charge is 1.78. The van der Waals surface area contributed by atoms with E-state index >= 15 is 0 Å². The monoisotopic (exact) mass is 172 g/mol. The number of nitrogens with zero attached hydrogens (tertiary/aromatic N) is 1. The second-order valence-electron chi connectivity index (χ2n) is 2.05. The average Bonchev–Trinajstić information content (AvgIpc) is 2.65. The summed E-state index contributed by atoms with van der Waals surface area (Å²) < 4.78 is 4.75. The summed E-state index contributed by atoms with van der Waals surface area (Å²) in [6.45, 7) is 8.00. The highest BCUT2D eigenvalue weighted by Crippen LogP contribution is 1.77. The lowest BCUT2D eigenvalue weighted by Gasteiger charge is -1.94. The Balaban J connectivity index is 0. The van der Waals surface area contributed by atoms with Gasteiger partial charge in [-0.15, -0.1) is 0 Å². The van der Waals surface area contributed by atoms with Crippen molar-refractivity contribution in [3.63, 3.8) is 0 Å². The number of methoxy groups -OCH3 is 1. The molecule has 1 heterocycles. The van der Waals surface area contributed by atoms with Crippen LogP contribution in [0.25, 0.3) is 0 Å². The summed E-state index contributed by atoms with van der Waals surface area (Å²) in [7, 11) is 1.70. The molecular formula is C9H20N2O. The average molecular weight is 172 g/mol. The van der Waals surface area contributed by atoms with Crippen molar-refractivity contribution in [1.29, 1.82) is 0 Å². The van der Waals surface area contributed by atoms with Crippen LogP contribution in [0, 0.1) is 0 Å². The Morgan fingerprint density at radius 3 is 1.92 bits per heavy atom. The van der Waals surface area contributed by atoms with Crippen molar-refractivity contribution in [2.75, 3.05) is 7.11 Å². The number of nitrogens with one attached hydrogen (secondary N) is 1. The number of H-pyrrole nitrogens is 1. The molecule has 0 saturated carbocycles. The summed E-state index contributed by atoms with van der Waals surface area (Å²) in [4.78, 5) is 0. The van der Waals surface area contributed by atoms with Crippen molar-refractivity contribution in [2.45, 2.75) is 33.8 Å². The third-order valence-corrected chi connectivity index (χ3v) is 0.877. The Labute approximate surface area is 75.1 Å². The number of rotatable bonds is 1. The van der Waals surface area contributed by atoms with Crippen molar-refractivity contribution in [3.8, 4) is 0 Å². The maximum atomic E-state index is 4.75. The lowest BCUT2D eigenvalue weighted by Crippen LogP contribution is -1.94. The molecule has 12 heavy (non-hydrogen) atoms. The van der Waals surface area contributed by atoms with E-state index in [9.17, 15) is 0 Å². The molecule has 0 atom stereocenters. The first-order valence-electron chi connectivity index (χ1n) is 4.24. The van der Waals surface area contributed by atoms with Crippen LogP contribution in [-0.2, 0) is 4.74 Å². The van der Waals surface area contributed by atoms with Crippen LogP contribution < -0.4 is 0 Å². The van der Waals surface area contributed by atoms with Gasteiger partial charge in [0, 0.05) is 19.5 Å². The summed E-state index contributed by atoms with van der Waals surface area (Å²) in [6.07, 6.45) is 3.84. The summed E-state index contributed by atoms with van der Waals surface area (Å²) >= 11 is 0. The predicted octanol–water partition coefficient (Wildman–Crippen LogP) is 2.48. The van der Waals surface area contributed by atoms with Crippen molar-refractivity contribution in [1.82, 2.24) is 10.2 Å². The summed E-state index contributed by atoms with van der Waals surface area (Å²) in [5.74, 6) is 0. The first kappa shape index (κ1) is 13.7. The van der Waals surface area contributed by atoms with Gasteiger partial charge in [0.2, 0.25) is 0 Å². The molecule has 1 rings (SSSR count). The molecule has 0 amide bonds. The van der Waals surface area contributed by atoms with Crippen LogP contribution in [0.4, 0.5) is 0 Å². The molecule has 3 heteroatoms. The molecule has 1 N–H and O–H groups in total. The molecule has 0 spiro atoms. The highest BCUT2D eigenvalue weighted by molar-refractivity contribution is 4.72. The quantitative estimate of drug-likeness (QED) is 0.706. The van der Waals surface area contributed by atoms with E-state index in [2.05, 4.69) is 10.2 Å². The number of hydrogen-bond donors (Lipinski definition) is 1. The largest absolute Gasteiger partial charge is 0.382 e. The molecule has 0 aromatic carbocycles. The van der Waals surface area contributed by atoms with Gasteiger partial charge in [-0.25, -0.2) is 0 Å². The first-order valence-corrected chi connectivity index (χ1v) is 4.24. The molecule has 0 aliphatic carbocycles. The number of aromatic nitrogens is 2. The minimum atomic E-state index is 0.384. The number of hydrogen-bond acceptors (Lipinski definition) is 2. The van der Waals surface area contributed by atoms with E-state index in [0.29, 0.717) is 6.10 Å². The van der Waals surface area contributed by atoms with E-state index in [1.807, 2.05) is 33.8 Å². The van der Waals surface area contributed by atoms with E-state index in [1.54, 1.807) is 19.5 Å². The molecule has 72 valence electrons. The van der Waals surface area contributed by atoms with E-state index in [1.165, 1.54) is 0 Å². The van der Waals surface area contributed by atoms with Gasteiger partial charge in [-0.2, -0.15) is 5.10 Å². The van der Waals surface area contributed by atoms with Gasteiger partial charge in [-0.3, -0.25) is 5.10 Å². The molecule has 0 bridgehead atoms. The Hall–Kier alpha value is -0.830. The SMILES string of the molecule is CC.COC(C)C.c1cn[nH]c1. The topological polar surface area (TPSA) is 37.9 Å².